The van der Waals surface area contributed by atoms with Crippen LogP contribution in [0.1, 0.15) is 22.6 Å². The molecule has 1 aliphatic rings. The van der Waals surface area contributed by atoms with Crippen LogP contribution in [0.25, 0.3) is 5.83 Å². The van der Waals surface area contributed by atoms with E-state index in [9.17, 15) is 8.78 Å². The number of halogens is 2. The summed E-state index contributed by atoms with van der Waals surface area (Å²) in [5.74, 6) is -2.00. The zero-order chi connectivity index (χ0) is 11.8. The maximum Gasteiger partial charge on any atom is 0.163 e. The molecule has 84 valence electrons. The third-order valence-corrected chi connectivity index (χ3v) is 3.10. The fraction of sp³-hybridized carbons (Fsp3) is 0.0667. The standard InChI is InChI=1S/C15H10F2/c16-14-12-9-5-4-8-11(12)13(15(14)17)10-6-2-1-3-7-10/h1-9,13H. The second-order valence-electron chi connectivity index (χ2n) is 4.09. The highest BCUT2D eigenvalue weighted by Gasteiger charge is 2.33. The third kappa shape index (κ3) is 1.48. The van der Waals surface area contributed by atoms with Crippen LogP contribution in [0, 0.1) is 0 Å². The van der Waals surface area contributed by atoms with E-state index in [1.165, 1.54) is 0 Å². The lowest BCUT2D eigenvalue weighted by molar-refractivity contribution is 0.569. The molecule has 0 bridgehead atoms. The van der Waals surface area contributed by atoms with Gasteiger partial charge in [-0.15, -0.1) is 0 Å². The maximum atomic E-state index is 14.0. The van der Waals surface area contributed by atoms with E-state index < -0.39 is 17.6 Å². The van der Waals surface area contributed by atoms with Gasteiger partial charge in [-0.1, -0.05) is 54.6 Å². The van der Waals surface area contributed by atoms with Gasteiger partial charge in [0.05, 0.1) is 5.92 Å². The summed E-state index contributed by atoms with van der Waals surface area (Å²) in [6, 6.07) is 16.1. The third-order valence-electron chi connectivity index (χ3n) is 3.10. The molecule has 2 aromatic carbocycles. The number of hydrogen-bond donors (Lipinski definition) is 0. The summed E-state index contributed by atoms with van der Waals surface area (Å²) in [6.07, 6.45) is 0. The van der Waals surface area contributed by atoms with Crippen LogP contribution in [0.3, 0.4) is 0 Å². The van der Waals surface area contributed by atoms with Crippen molar-refractivity contribution in [1.29, 1.82) is 0 Å². The molecule has 3 rings (SSSR count). The molecular formula is C15H10F2. The minimum atomic E-state index is -0.727. The van der Waals surface area contributed by atoms with Gasteiger partial charge in [-0.3, -0.25) is 0 Å². The highest BCUT2D eigenvalue weighted by Crippen LogP contribution is 2.46. The molecule has 1 aliphatic carbocycles. The summed E-state index contributed by atoms with van der Waals surface area (Å²) < 4.78 is 27.7. The van der Waals surface area contributed by atoms with Crippen molar-refractivity contribution in [2.24, 2.45) is 0 Å². The Morgan fingerprint density at radius 1 is 0.765 bits per heavy atom. The Hall–Kier alpha value is -1.96. The number of allylic oxidation sites excluding steroid dienone is 1. The van der Waals surface area contributed by atoms with Crippen molar-refractivity contribution < 1.29 is 8.78 Å². The summed E-state index contributed by atoms with van der Waals surface area (Å²) in [5, 5.41) is 0. The first-order valence-corrected chi connectivity index (χ1v) is 5.48. The van der Waals surface area contributed by atoms with Gasteiger partial charge in [0.1, 0.15) is 5.83 Å². The van der Waals surface area contributed by atoms with Gasteiger partial charge in [-0.2, -0.15) is 0 Å². The van der Waals surface area contributed by atoms with Gasteiger partial charge in [-0.25, -0.2) is 8.78 Å². The van der Waals surface area contributed by atoms with E-state index in [1.807, 2.05) is 30.3 Å². The molecular weight excluding hydrogens is 218 g/mol. The van der Waals surface area contributed by atoms with E-state index in [1.54, 1.807) is 24.3 Å². The van der Waals surface area contributed by atoms with Crippen LogP contribution in [-0.4, -0.2) is 0 Å². The van der Waals surface area contributed by atoms with Gasteiger partial charge in [-0.05, 0) is 11.1 Å². The maximum absolute atomic E-state index is 14.0. The zero-order valence-electron chi connectivity index (χ0n) is 9.03. The first-order chi connectivity index (χ1) is 8.29. The Bertz CT molecular complexity index is 585. The highest BCUT2D eigenvalue weighted by molar-refractivity contribution is 5.74. The number of hydrogen-bond acceptors (Lipinski definition) is 0. The Balaban J connectivity index is 2.20. The first-order valence-electron chi connectivity index (χ1n) is 5.48. The largest absolute Gasteiger partial charge is 0.208 e. The van der Waals surface area contributed by atoms with E-state index in [0.29, 0.717) is 11.1 Å². The van der Waals surface area contributed by atoms with Crippen molar-refractivity contribution in [2.45, 2.75) is 5.92 Å². The molecule has 17 heavy (non-hydrogen) atoms. The molecule has 0 fully saturated rings. The smallest absolute Gasteiger partial charge is 0.163 e. The average molecular weight is 228 g/mol. The minimum Gasteiger partial charge on any atom is -0.208 e. The predicted molar refractivity (Wildman–Crippen MR) is 63.9 cm³/mol. The Morgan fingerprint density at radius 2 is 1.41 bits per heavy atom. The minimum absolute atomic E-state index is 0.374. The van der Waals surface area contributed by atoms with Crippen LogP contribution in [0.15, 0.2) is 60.4 Å². The van der Waals surface area contributed by atoms with Crippen molar-refractivity contribution in [2.75, 3.05) is 0 Å². The topological polar surface area (TPSA) is 0 Å². The normalized spacial score (nSPS) is 18.4. The summed E-state index contributed by atoms with van der Waals surface area (Å²) in [5.41, 5.74) is 1.86. The number of benzene rings is 2. The molecule has 0 radical (unpaired) electrons. The summed E-state index contributed by atoms with van der Waals surface area (Å²) in [6.45, 7) is 0. The predicted octanol–water partition coefficient (Wildman–Crippen LogP) is 4.44. The summed E-state index contributed by atoms with van der Waals surface area (Å²) in [7, 11) is 0. The fourth-order valence-corrected chi connectivity index (χ4v) is 2.31. The van der Waals surface area contributed by atoms with Gasteiger partial charge >= 0.3 is 0 Å². The summed E-state index contributed by atoms with van der Waals surface area (Å²) in [4.78, 5) is 0. The molecule has 0 spiro atoms. The van der Waals surface area contributed by atoms with E-state index in [0.717, 1.165) is 5.56 Å². The zero-order valence-corrected chi connectivity index (χ0v) is 9.03. The van der Waals surface area contributed by atoms with E-state index in [4.69, 9.17) is 0 Å². The highest BCUT2D eigenvalue weighted by atomic mass is 19.2. The van der Waals surface area contributed by atoms with Crippen LogP contribution in [0.4, 0.5) is 8.78 Å². The van der Waals surface area contributed by atoms with Crippen LogP contribution in [-0.2, 0) is 0 Å². The van der Waals surface area contributed by atoms with Crippen LogP contribution in [0.5, 0.6) is 0 Å². The van der Waals surface area contributed by atoms with Gasteiger partial charge < -0.3 is 0 Å². The molecule has 1 atom stereocenters. The second kappa shape index (κ2) is 3.81. The van der Waals surface area contributed by atoms with E-state index in [-0.39, 0.29) is 0 Å². The molecule has 0 heterocycles. The van der Waals surface area contributed by atoms with Crippen LogP contribution >= 0.6 is 0 Å². The monoisotopic (exact) mass is 228 g/mol. The van der Waals surface area contributed by atoms with E-state index in [2.05, 4.69) is 0 Å². The van der Waals surface area contributed by atoms with Gasteiger partial charge in [0, 0.05) is 5.56 Å². The SMILES string of the molecule is FC1=C(F)C(c2ccccc2)c2ccccc21. The molecule has 2 heteroatoms. The molecule has 0 N–H and O–H groups in total. The molecule has 0 aromatic heterocycles. The summed E-state index contributed by atoms with van der Waals surface area (Å²) >= 11 is 0. The molecule has 0 nitrogen and oxygen atoms in total. The van der Waals surface area contributed by atoms with Crippen LogP contribution in [0.2, 0.25) is 0 Å². The lowest BCUT2D eigenvalue weighted by atomic mass is 9.93. The molecule has 0 amide bonds. The number of rotatable bonds is 1. The van der Waals surface area contributed by atoms with Crippen molar-refractivity contribution in [3.05, 3.63) is 77.1 Å². The average Bonchev–Trinajstić information content (AvgIpc) is 2.64. The van der Waals surface area contributed by atoms with Crippen molar-refractivity contribution in [1.82, 2.24) is 0 Å². The molecule has 1 unspecified atom stereocenters. The van der Waals surface area contributed by atoms with E-state index >= 15 is 0 Å². The molecule has 2 aromatic rings. The molecule has 0 aliphatic heterocycles. The van der Waals surface area contributed by atoms with Crippen molar-refractivity contribution >= 4 is 5.83 Å². The fourth-order valence-electron chi connectivity index (χ4n) is 2.31. The van der Waals surface area contributed by atoms with Crippen molar-refractivity contribution in [3.8, 4) is 0 Å². The Labute approximate surface area is 98.2 Å². The molecule has 0 saturated heterocycles. The Morgan fingerprint density at radius 3 is 2.18 bits per heavy atom. The van der Waals surface area contributed by atoms with Crippen LogP contribution < -0.4 is 0 Å². The number of fused-ring (bicyclic) bond motifs is 1. The first kappa shape index (κ1) is 10.2. The molecule has 0 saturated carbocycles. The Kier molecular flexibility index (Phi) is 2.29. The lowest BCUT2D eigenvalue weighted by Crippen LogP contribution is -1.98. The lowest BCUT2D eigenvalue weighted by Gasteiger charge is -2.11. The van der Waals surface area contributed by atoms with Gasteiger partial charge in [0.15, 0.2) is 5.83 Å². The van der Waals surface area contributed by atoms with Crippen molar-refractivity contribution in [3.63, 3.8) is 0 Å². The quantitative estimate of drug-likeness (QED) is 0.676. The van der Waals surface area contributed by atoms with Gasteiger partial charge in [0.25, 0.3) is 0 Å². The van der Waals surface area contributed by atoms with Gasteiger partial charge in [0.2, 0.25) is 0 Å². The second-order valence-corrected chi connectivity index (χ2v) is 4.09.